The van der Waals surface area contributed by atoms with Crippen molar-refractivity contribution in [1.82, 2.24) is 10.3 Å². The fraction of sp³-hybridized carbons (Fsp3) is 0.500. The Labute approximate surface area is 155 Å². The quantitative estimate of drug-likeness (QED) is 0.921. The molecule has 0 saturated carbocycles. The summed E-state index contributed by atoms with van der Waals surface area (Å²) < 4.78 is 6.57. The number of rotatable bonds is 3. The van der Waals surface area contributed by atoms with Crippen LogP contribution < -0.4 is 15.0 Å². The van der Waals surface area contributed by atoms with Gasteiger partial charge in [-0.25, -0.2) is 4.98 Å². The average molecular weight is 349 g/mol. The SMILES string of the molecule is c1cc2c(c(O[C@H]3CCCc4ccc(N5CCNCC5)nc43)c1)CCC2. The van der Waals surface area contributed by atoms with Crippen molar-refractivity contribution in [3.8, 4) is 5.75 Å². The number of fused-ring (bicyclic) bond motifs is 2. The molecule has 2 aliphatic carbocycles. The first kappa shape index (κ1) is 16.1. The van der Waals surface area contributed by atoms with Crippen LogP contribution in [0.25, 0.3) is 0 Å². The Kier molecular flexibility index (Phi) is 4.29. The van der Waals surface area contributed by atoms with Gasteiger partial charge in [-0.2, -0.15) is 0 Å². The van der Waals surface area contributed by atoms with E-state index in [1.54, 1.807) is 0 Å². The van der Waals surface area contributed by atoms with Gasteiger partial charge in [-0.15, -0.1) is 0 Å². The molecule has 1 N–H and O–H groups in total. The van der Waals surface area contributed by atoms with Crippen molar-refractivity contribution in [3.63, 3.8) is 0 Å². The molecular weight excluding hydrogens is 322 g/mol. The molecule has 4 nitrogen and oxygen atoms in total. The van der Waals surface area contributed by atoms with Gasteiger partial charge in [0, 0.05) is 26.2 Å². The minimum Gasteiger partial charge on any atom is -0.484 e. The highest BCUT2D eigenvalue weighted by molar-refractivity contribution is 5.46. The normalized spacial score (nSPS) is 22.0. The lowest BCUT2D eigenvalue weighted by molar-refractivity contribution is 0.177. The van der Waals surface area contributed by atoms with Crippen molar-refractivity contribution in [2.45, 2.75) is 44.6 Å². The highest BCUT2D eigenvalue weighted by Gasteiger charge is 2.26. The van der Waals surface area contributed by atoms with E-state index in [0.717, 1.165) is 57.0 Å². The minimum atomic E-state index is 0.0914. The highest BCUT2D eigenvalue weighted by Crippen LogP contribution is 2.37. The van der Waals surface area contributed by atoms with Crippen LogP contribution in [0, 0.1) is 0 Å². The van der Waals surface area contributed by atoms with Gasteiger partial charge in [0.15, 0.2) is 0 Å². The molecule has 1 aromatic carbocycles. The first-order valence-corrected chi connectivity index (χ1v) is 10.1. The Hall–Kier alpha value is -2.07. The Morgan fingerprint density at radius 3 is 2.77 bits per heavy atom. The Bertz CT molecular complexity index is 798. The van der Waals surface area contributed by atoms with Crippen molar-refractivity contribution in [2.24, 2.45) is 0 Å². The van der Waals surface area contributed by atoms with Gasteiger partial charge in [0.25, 0.3) is 0 Å². The van der Waals surface area contributed by atoms with Crippen molar-refractivity contribution >= 4 is 5.82 Å². The summed E-state index contributed by atoms with van der Waals surface area (Å²) in [4.78, 5) is 7.47. The molecule has 1 fully saturated rings. The third-order valence-corrected chi connectivity index (χ3v) is 6.03. The first-order chi connectivity index (χ1) is 12.9. The van der Waals surface area contributed by atoms with Crippen LogP contribution in [0.15, 0.2) is 30.3 Å². The summed E-state index contributed by atoms with van der Waals surface area (Å²) in [5.74, 6) is 2.20. The summed E-state index contributed by atoms with van der Waals surface area (Å²) >= 11 is 0. The number of nitrogens with one attached hydrogen (secondary N) is 1. The molecule has 5 rings (SSSR count). The van der Waals surface area contributed by atoms with E-state index in [-0.39, 0.29) is 6.10 Å². The molecular formula is C22H27N3O. The molecule has 2 heterocycles. The molecule has 136 valence electrons. The summed E-state index contributed by atoms with van der Waals surface area (Å²) in [6.07, 6.45) is 7.06. The van der Waals surface area contributed by atoms with E-state index < -0.39 is 0 Å². The van der Waals surface area contributed by atoms with E-state index in [0.29, 0.717) is 0 Å². The van der Waals surface area contributed by atoms with Crippen LogP contribution in [-0.2, 0) is 19.3 Å². The van der Waals surface area contributed by atoms with Crippen molar-refractivity contribution < 1.29 is 4.74 Å². The molecule has 26 heavy (non-hydrogen) atoms. The van der Waals surface area contributed by atoms with Gasteiger partial charge < -0.3 is 15.0 Å². The summed E-state index contributed by atoms with van der Waals surface area (Å²) in [6.45, 7) is 4.14. The molecule has 1 saturated heterocycles. The Morgan fingerprint density at radius 2 is 1.85 bits per heavy atom. The van der Waals surface area contributed by atoms with Crippen LogP contribution >= 0.6 is 0 Å². The molecule has 3 aliphatic rings. The van der Waals surface area contributed by atoms with E-state index in [2.05, 4.69) is 40.5 Å². The molecule has 0 unspecified atom stereocenters. The topological polar surface area (TPSA) is 37.4 Å². The van der Waals surface area contributed by atoms with Crippen LogP contribution in [0.1, 0.15) is 47.8 Å². The molecule has 0 bridgehead atoms. The largest absolute Gasteiger partial charge is 0.484 e. The van der Waals surface area contributed by atoms with Crippen molar-refractivity contribution in [2.75, 3.05) is 31.1 Å². The van der Waals surface area contributed by atoms with Crippen LogP contribution in [-0.4, -0.2) is 31.2 Å². The van der Waals surface area contributed by atoms with Crippen LogP contribution in [0.3, 0.4) is 0 Å². The molecule has 1 aromatic heterocycles. The fourth-order valence-corrected chi connectivity index (χ4v) is 4.63. The number of hydrogen-bond donors (Lipinski definition) is 1. The number of piperazine rings is 1. The fourth-order valence-electron chi connectivity index (χ4n) is 4.63. The summed E-state index contributed by atoms with van der Waals surface area (Å²) in [6, 6.07) is 11.0. The van der Waals surface area contributed by atoms with E-state index in [1.807, 2.05) is 0 Å². The number of nitrogens with zero attached hydrogens (tertiary/aromatic N) is 2. The lowest BCUT2D eigenvalue weighted by Crippen LogP contribution is -2.44. The smallest absolute Gasteiger partial charge is 0.141 e. The standard InChI is InChI=1S/C22H27N3O/c1-4-16-5-2-8-19(18(16)7-1)26-20-9-3-6-17-10-11-21(24-22(17)20)25-14-12-23-13-15-25/h2,5,8,10-11,20,23H,1,3-4,6-7,9,12-15H2/t20-/m0/s1. The van der Waals surface area contributed by atoms with Gasteiger partial charge in [0.2, 0.25) is 0 Å². The molecule has 0 amide bonds. The minimum absolute atomic E-state index is 0.0914. The Balaban J connectivity index is 1.44. The second kappa shape index (κ2) is 6.92. The van der Waals surface area contributed by atoms with E-state index >= 15 is 0 Å². The monoisotopic (exact) mass is 349 g/mol. The van der Waals surface area contributed by atoms with Crippen LogP contribution in [0.5, 0.6) is 5.75 Å². The number of benzene rings is 1. The molecule has 4 heteroatoms. The van der Waals surface area contributed by atoms with Gasteiger partial charge in [0.05, 0.1) is 5.69 Å². The molecule has 0 spiro atoms. The number of ether oxygens (including phenoxy) is 1. The van der Waals surface area contributed by atoms with Crippen molar-refractivity contribution in [3.05, 3.63) is 52.7 Å². The first-order valence-electron chi connectivity index (χ1n) is 10.1. The predicted molar refractivity (Wildman–Crippen MR) is 104 cm³/mol. The van der Waals surface area contributed by atoms with Gasteiger partial charge >= 0.3 is 0 Å². The summed E-state index contributed by atoms with van der Waals surface area (Å²) in [5.41, 5.74) is 5.44. The number of pyridine rings is 1. The summed E-state index contributed by atoms with van der Waals surface area (Å²) in [7, 11) is 0. The zero-order valence-corrected chi connectivity index (χ0v) is 15.3. The Morgan fingerprint density at radius 1 is 0.962 bits per heavy atom. The maximum Gasteiger partial charge on any atom is 0.141 e. The lowest BCUT2D eigenvalue weighted by atomic mass is 9.93. The van der Waals surface area contributed by atoms with Gasteiger partial charge in [-0.1, -0.05) is 18.2 Å². The highest BCUT2D eigenvalue weighted by atomic mass is 16.5. The predicted octanol–water partition coefficient (Wildman–Crippen LogP) is 3.44. The van der Waals surface area contributed by atoms with Crippen LogP contribution in [0.4, 0.5) is 5.82 Å². The zero-order valence-electron chi connectivity index (χ0n) is 15.3. The molecule has 2 aromatic rings. The second-order valence-electron chi connectivity index (χ2n) is 7.70. The van der Waals surface area contributed by atoms with Crippen LogP contribution in [0.2, 0.25) is 0 Å². The zero-order chi connectivity index (χ0) is 17.3. The third kappa shape index (κ3) is 2.96. The third-order valence-electron chi connectivity index (χ3n) is 6.03. The number of hydrogen-bond acceptors (Lipinski definition) is 4. The van der Waals surface area contributed by atoms with Gasteiger partial charge in [-0.05, 0) is 67.3 Å². The van der Waals surface area contributed by atoms with Gasteiger partial charge in [0.1, 0.15) is 17.7 Å². The van der Waals surface area contributed by atoms with E-state index in [4.69, 9.17) is 9.72 Å². The van der Waals surface area contributed by atoms with Gasteiger partial charge in [-0.3, -0.25) is 0 Å². The van der Waals surface area contributed by atoms with E-state index in [1.165, 1.54) is 41.6 Å². The average Bonchev–Trinajstić information content (AvgIpc) is 3.18. The number of anilines is 1. The summed E-state index contributed by atoms with van der Waals surface area (Å²) in [5, 5.41) is 3.42. The molecule has 1 atom stereocenters. The second-order valence-corrected chi connectivity index (χ2v) is 7.70. The number of aryl methyl sites for hydroxylation is 2. The lowest BCUT2D eigenvalue weighted by Gasteiger charge is -2.31. The number of aromatic nitrogens is 1. The molecule has 1 aliphatic heterocycles. The van der Waals surface area contributed by atoms with E-state index in [9.17, 15) is 0 Å². The maximum absolute atomic E-state index is 6.57. The molecule has 0 radical (unpaired) electrons. The van der Waals surface area contributed by atoms with Crippen molar-refractivity contribution in [1.29, 1.82) is 0 Å². The maximum atomic E-state index is 6.57.